The topological polar surface area (TPSA) is 89.3 Å². The van der Waals surface area contributed by atoms with Crippen molar-refractivity contribution < 1.29 is 14.1 Å². The van der Waals surface area contributed by atoms with E-state index in [2.05, 4.69) is 20.8 Å². The Kier molecular flexibility index (Phi) is 3.14. The zero-order valence-corrected chi connectivity index (χ0v) is 10.0. The normalized spacial score (nSPS) is 25.1. The Morgan fingerprint density at radius 2 is 2.28 bits per heavy atom. The number of aromatic nitrogens is 2. The van der Waals surface area contributed by atoms with Crippen molar-refractivity contribution in [1.82, 2.24) is 15.5 Å². The molecule has 1 amide bonds. The lowest BCUT2D eigenvalue weighted by molar-refractivity contribution is -0.121. The van der Waals surface area contributed by atoms with E-state index in [1.54, 1.807) is 0 Å². The molecule has 1 saturated heterocycles. The number of hydrogen-bond acceptors (Lipinski definition) is 6. The monoisotopic (exact) mass is 252 g/mol. The Hall–Kier alpha value is -1.63. The summed E-state index contributed by atoms with van der Waals surface area (Å²) in [7, 11) is 0. The highest BCUT2D eigenvalue weighted by molar-refractivity contribution is 5.84. The molecule has 0 aromatic carbocycles. The van der Waals surface area contributed by atoms with Crippen molar-refractivity contribution in [3.05, 3.63) is 5.82 Å². The van der Waals surface area contributed by atoms with Crippen LogP contribution in [0.4, 0.5) is 6.01 Å². The van der Waals surface area contributed by atoms with Crippen LogP contribution < -0.4 is 10.6 Å². The number of nitrogens with zero attached hydrogens (tertiary/aromatic N) is 2. The van der Waals surface area contributed by atoms with Gasteiger partial charge < -0.3 is 19.9 Å². The smallest absolute Gasteiger partial charge is 0.322 e. The third-order valence-corrected chi connectivity index (χ3v) is 3.36. The second kappa shape index (κ2) is 4.93. The van der Waals surface area contributed by atoms with Gasteiger partial charge >= 0.3 is 6.01 Å². The Labute approximate surface area is 104 Å². The lowest BCUT2D eigenvalue weighted by Gasteiger charge is -2.20. The molecule has 2 heterocycles. The van der Waals surface area contributed by atoms with Gasteiger partial charge in [-0.2, -0.15) is 4.98 Å². The van der Waals surface area contributed by atoms with E-state index in [0.717, 1.165) is 18.7 Å². The minimum Gasteiger partial charge on any atom is -0.377 e. The molecule has 1 aromatic heterocycles. The molecule has 1 aliphatic heterocycles. The van der Waals surface area contributed by atoms with Gasteiger partial charge in [-0.3, -0.25) is 4.79 Å². The van der Waals surface area contributed by atoms with Gasteiger partial charge in [0.2, 0.25) is 5.91 Å². The van der Waals surface area contributed by atoms with Crippen molar-refractivity contribution in [2.24, 2.45) is 0 Å². The van der Waals surface area contributed by atoms with Crippen LogP contribution in [0, 0.1) is 0 Å². The average Bonchev–Trinajstić information content (AvgIpc) is 2.63. The predicted molar refractivity (Wildman–Crippen MR) is 62.1 cm³/mol. The van der Waals surface area contributed by atoms with E-state index in [-0.39, 0.29) is 5.91 Å². The number of nitrogens with one attached hydrogen (secondary N) is 2. The molecule has 7 nitrogen and oxygen atoms in total. The molecule has 18 heavy (non-hydrogen) atoms. The zero-order chi connectivity index (χ0) is 12.4. The van der Waals surface area contributed by atoms with Gasteiger partial charge in [0.1, 0.15) is 6.04 Å². The van der Waals surface area contributed by atoms with Crippen LogP contribution in [-0.4, -0.2) is 41.8 Å². The second-order valence-electron chi connectivity index (χ2n) is 4.65. The van der Waals surface area contributed by atoms with Crippen LogP contribution in [0.2, 0.25) is 0 Å². The molecule has 0 bridgehead atoms. The molecule has 2 N–H and O–H groups in total. The molecule has 2 fully saturated rings. The summed E-state index contributed by atoms with van der Waals surface area (Å²) in [6, 6.07) is -0.176. The van der Waals surface area contributed by atoms with Crippen LogP contribution in [0.1, 0.15) is 31.0 Å². The Bertz CT molecular complexity index is 430. The van der Waals surface area contributed by atoms with E-state index >= 15 is 0 Å². The van der Waals surface area contributed by atoms with E-state index in [0.29, 0.717) is 31.7 Å². The van der Waals surface area contributed by atoms with Gasteiger partial charge in [0.15, 0.2) is 5.82 Å². The fourth-order valence-corrected chi connectivity index (χ4v) is 2.03. The van der Waals surface area contributed by atoms with E-state index in [1.165, 1.54) is 6.42 Å². The number of anilines is 1. The van der Waals surface area contributed by atoms with Crippen LogP contribution in [0.15, 0.2) is 4.52 Å². The number of ether oxygens (including phenoxy) is 1. The SMILES string of the molecule is O=C1NCCOCC1Nc1nc(C2CCC2)no1. The second-order valence-corrected chi connectivity index (χ2v) is 4.65. The first kappa shape index (κ1) is 11.5. The Morgan fingerprint density at radius 1 is 1.39 bits per heavy atom. The summed E-state index contributed by atoms with van der Waals surface area (Å²) in [5.41, 5.74) is 0. The molecule has 1 aromatic rings. The molecule has 2 aliphatic rings. The minimum atomic E-state index is -0.470. The summed E-state index contributed by atoms with van der Waals surface area (Å²) >= 11 is 0. The molecule has 1 unspecified atom stereocenters. The Morgan fingerprint density at radius 3 is 3.06 bits per heavy atom. The van der Waals surface area contributed by atoms with Crippen LogP contribution in [0.25, 0.3) is 0 Å². The number of carbonyl (C=O) groups excluding carboxylic acids is 1. The highest BCUT2D eigenvalue weighted by Crippen LogP contribution is 2.34. The molecule has 3 rings (SSSR count). The highest BCUT2D eigenvalue weighted by Gasteiger charge is 2.27. The maximum Gasteiger partial charge on any atom is 0.322 e. The van der Waals surface area contributed by atoms with Gasteiger partial charge in [0.25, 0.3) is 0 Å². The predicted octanol–water partition coefficient (Wildman–Crippen LogP) is 0.264. The summed E-state index contributed by atoms with van der Waals surface area (Å²) in [5.74, 6) is 1.05. The molecule has 1 atom stereocenters. The summed E-state index contributed by atoms with van der Waals surface area (Å²) < 4.78 is 10.4. The number of carbonyl (C=O) groups is 1. The van der Waals surface area contributed by atoms with Gasteiger partial charge in [-0.15, -0.1) is 0 Å². The lowest BCUT2D eigenvalue weighted by Crippen LogP contribution is -2.40. The van der Waals surface area contributed by atoms with Gasteiger partial charge in [-0.1, -0.05) is 11.6 Å². The summed E-state index contributed by atoms with van der Waals surface area (Å²) in [5, 5.41) is 9.60. The van der Waals surface area contributed by atoms with Gasteiger partial charge in [0, 0.05) is 12.5 Å². The fourth-order valence-electron chi connectivity index (χ4n) is 2.03. The minimum absolute atomic E-state index is 0.101. The third-order valence-electron chi connectivity index (χ3n) is 3.36. The number of rotatable bonds is 3. The van der Waals surface area contributed by atoms with Crippen molar-refractivity contribution >= 4 is 11.9 Å². The maximum atomic E-state index is 11.7. The number of hydrogen-bond donors (Lipinski definition) is 2. The first-order valence-electron chi connectivity index (χ1n) is 6.28. The van der Waals surface area contributed by atoms with E-state index < -0.39 is 6.04 Å². The molecule has 7 heteroatoms. The quantitative estimate of drug-likeness (QED) is 0.802. The van der Waals surface area contributed by atoms with Gasteiger partial charge in [0.05, 0.1) is 13.2 Å². The van der Waals surface area contributed by atoms with Crippen LogP contribution >= 0.6 is 0 Å². The summed E-state index contributed by atoms with van der Waals surface area (Å²) in [6.07, 6.45) is 3.46. The fraction of sp³-hybridized carbons (Fsp3) is 0.727. The molecule has 98 valence electrons. The molecular weight excluding hydrogens is 236 g/mol. The van der Waals surface area contributed by atoms with E-state index in [1.807, 2.05) is 0 Å². The molecule has 0 radical (unpaired) electrons. The van der Waals surface area contributed by atoms with Crippen molar-refractivity contribution in [1.29, 1.82) is 0 Å². The molecule has 0 spiro atoms. The van der Waals surface area contributed by atoms with E-state index in [9.17, 15) is 4.79 Å². The first-order chi connectivity index (χ1) is 8.83. The van der Waals surface area contributed by atoms with Crippen LogP contribution in [0.5, 0.6) is 0 Å². The van der Waals surface area contributed by atoms with Crippen molar-refractivity contribution in [2.45, 2.75) is 31.2 Å². The average molecular weight is 252 g/mol. The lowest BCUT2D eigenvalue weighted by atomic mass is 9.85. The standard InChI is InChI=1S/C11H16N4O3/c16-10-8(6-17-5-4-12-10)13-11-14-9(15-18-11)7-2-1-3-7/h7-8H,1-6H2,(H,12,16)(H,13,14,15). The molecule has 1 saturated carbocycles. The maximum absolute atomic E-state index is 11.7. The first-order valence-corrected chi connectivity index (χ1v) is 6.28. The highest BCUT2D eigenvalue weighted by atomic mass is 16.5. The Balaban J connectivity index is 1.63. The van der Waals surface area contributed by atoms with Gasteiger partial charge in [-0.05, 0) is 12.8 Å². The van der Waals surface area contributed by atoms with Crippen LogP contribution in [0.3, 0.4) is 0 Å². The third kappa shape index (κ3) is 2.31. The molecular formula is C11H16N4O3. The van der Waals surface area contributed by atoms with Crippen molar-refractivity contribution in [2.75, 3.05) is 25.1 Å². The summed E-state index contributed by atoms with van der Waals surface area (Å²) in [4.78, 5) is 16.0. The van der Waals surface area contributed by atoms with Gasteiger partial charge in [-0.25, -0.2) is 0 Å². The zero-order valence-electron chi connectivity index (χ0n) is 10.0. The number of amides is 1. The largest absolute Gasteiger partial charge is 0.377 e. The molecule has 1 aliphatic carbocycles. The summed E-state index contributed by atoms with van der Waals surface area (Å²) in [6.45, 7) is 1.38. The van der Waals surface area contributed by atoms with Crippen molar-refractivity contribution in [3.63, 3.8) is 0 Å². The van der Waals surface area contributed by atoms with E-state index in [4.69, 9.17) is 9.26 Å². The van der Waals surface area contributed by atoms with Crippen molar-refractivity contribution in [3.8, 4) is 0 Å². The van der Waals surface area contributed by atoms with Crippen LogP contribution in [-0.2, 0) is 9.53 Å².